The van der Waals surface area contributed by atoms with Gasteiger partial charge in [-0.15, -0.1) is 0 Å². The number of sulfone groups is 1. The van der Waals surface area contributed by atoms with Crippen LogP contribution < -0.4 is 16.1 Å². The number of hydrogen-bond acceptors (Lipinski definition) is 5. The molecule has 0 saturated heterocycles. The molecular formula is C22H23N3O4S. The summed E-state index contributed by atoms with van der Waals surface area (Å²) in [6.07, 6.45) is 2.28. The number of aromatic amines is 1. The van der Waals surface area contributed by atoms with Gasteiger partial charge in [0.2, 0.25) is 0 Å². The number of benzene rings is 2. The Kier molecular flexibility index (Phi) is 5.11. The van der Waals surface area contributed by atoms with E-state index in [1.165, 1.54) is 30.3 Å². The Morgan fingerprint density at radius 1 is 1.00 bits per heavy atom. The molecule has 1 aliphatic heterocycles. The molecule has 1 aromatic heterocycles. The normalized spacial score (nSPS) is 13.9. The highest BCUT2D eigenvalue weighted by Crippen LogP contribution is 2.25. The lowest BCUT2D eigenvalue weighted by molar-refractivity contribution is 0.602. The number of H-pyrrole nitrogens is 1. The van der Waals surface area contributed by atoms with Crippen LogP contribution >= 0.6 is 0 Å². The number of rotatable bonds is 4. The first-order chi connectivity index (χ1) is 14.2. The van der Waals surface area contributed by atoms with Crippen molar-refractivity contribution in [2.75, 3.05) is 17.7 Å². The summed E-state index contributed by atoms with van der Waals surface area (Å²) < 4.78 is 24.5. The lowest BCUT2D eigenvalue weighted by atomic mass is 9.99. The number of aromatic nitrogens is 2. The molecule has 4 rings (SSSR count). The fraction of sp³-hybridized carbons (Fsp3) is 0.273. The minimum absolute atomic E-state index is 0.230. The summed E-state index contributed by atoms with van der Waals surface area (Å²) in [6.45, 7) is 1.30. The Morgan fingerprint density at radius 3 is 2.33 bits per heavy atom. The molecule has 7 nitrogen and oxygen atoms in total. The molecular weight excluding hydrogens is 402 g/mol. The summed E-state index contributed by atoms with van der Waals surface area (Å²) in [4.78, 5) is 30.4. The van der Waals surface area contributed by atoms with Crippen molar-refractivity contribution in [2.45, 2.75) is 24.3 Å². The van der Waals surface area contributed by atoms with Gasteiger partial charge in [-0.25, -0.2) is 13.2 Å². The number of nitrogens with one attached hydrogen (secondary N) is 1. The average Bonchev–Trinajstić information content (AvgIpc) is 2.73. The van der Waals surface area contributed by atoms with Gasteiger partial charge in [0.15, 0.2) is 9.84 Å². The molecule has 2 heterocycles. The zero-order chi connectivity index (χ0) is 21.5. The van der Waals surface area contributed by atoms with Crippen molar-refractivity contribution in [2.24, 2.45) is 7.05 Å². The molecule has 30 heavy (non-hydrogen) atoms. The summed E-state index contributed by atoms with van der Waals surface area (Å²) in [5, 5.41) is 0. The number of fused-ring (bicyclic) bond motifs is 1. The number of hydrogen-bond donors (Lipinski definition) is 1. The zero-order valence-electron chi connectivity index (χ0n) is 16.9. The Hall–Kier alpha value is -3.13. The second-order valence-electron chi connectivity index (χ2n) is 7.65. The SMILES string of the molecule is Cn1c(=O)[nH]c(N2CCc3ccccc3C2)c(Cc2ccc(S(C)(=O)=O)cc2)c1=O. The molecule has 0 fully saturated rings. The van der Waals surface area contributed by atoms with Gasteiger partial charge in [0.05, 0.1) is 10.5 Å². The molecule has 0 unspecified atom stereocenters. The monoisotopic (exact) mass is 425 g/mol. The highest BCUT2D eigenvalue weighted by Gasteiger charge is 2.22. The van der Waals surface area contributed by atoms with Crippen molar-refractivity contribution >= 4 is 15.7 Å². The highest BCUT2D eigenvalue weighted by molar-refractivity contribution is 7.90. The maximum absolute atomic E-state index is 12.9. The van der Waals surface area contributed by atoms with Gasteiger partial charge in [-0.2, -0.15) is 0 Å². The largest absolute Gasteiger partial charge is 0.353 e. The van der Waals surface area contributed by atoms with Crippen LogP contribution in [0.4, 0.5) is 5.82 Å². The van der Waals surface area contributed by atoms with E-state index in [1.54, 1.807) is 12.1 Å². The van der Waals surface area contributed by atoms with E-state index in [4.69, 9.17) is 0 Å². The van der Waals surface area contributed by atoms with Gasteiger partial charge in [0, 0.05) is 32.8 Å². The average molecular weight is 426 g/mol. The van der Waals surface area contributed by atoms with Crippen LogP contribution in [-0.4, -0.2) is 30.8 Å². The van der Waals surface area contributed by atoms with Crippen molar-refractivity contribution in [3.63, 3.8) is 0 Å². The van der Waals surface area contributed by atoms with E-state index in [-0.39, 0.29) is 10.5 Å². The van der Waals surface area contributed by atoms with Crippen LogP contribution in [0.15, 0.2) is 63.0 Å². The molecule has 0 amide bonds. The van der Waals surface area contributed by atoms with Crippen molar-refractivity contribution in [1.29, 1.82) is 0 Å². The summed E-state index contributed by atoms with van der Waals surface area (Å²) in [7, 11) is -1.84. The van der Waals surface area contributed by atoms with Crippen LogP contribution in [0.1, 0.15) is 22.3 Å². The molecule has 0 radical (unpaired) electrons. The summed E-state index contributed by atoms with van der Waals surface area (Å²) in [5.41, 5.74) is 2.94. The van der Waals surface area contributed by atoms with Crippen LogP contribution in [0.5, 0.6) is 0 Å². The van der Waals surface area contributed by atoms with Crippen molar-refractivity contribution < 1.29 is 8.42 Å². The van der Waals surface area contributed by atoms with Gasteiger partial charge in [-0.3, -0.25) is 14.3 Å². The quantitative estimate of drug-likeness (QED) is 0.686. The number of nitrogens with zero attached hydrogens (tertiary/aromatic N) is 2. The molecule has 0 spiro atoms. The predicted octanol–water partition coefficient (Wildman–Crippen LogP) is 1.63. The maximum atomic E-state index is 12.9. The first kappa shape index (κ1) is 20.2. The van der Waals surface area contributed by atoms with Crippen LogP contribution in [-0.2, 0) is 36.3 Å². The third kappa shape index (κ3) is 3.82. The molecule has 1 aliphatic rings. The molecule has 8 heteroatoms. The van der Waals surface area contributed by atoms with E-state index >= 15 is 0 Å². The summed E-state index contributed by atoms with van der Waals surface area (Å²) in [6, 6.07) is 14.6. The van der Waals surface area contributed by atoms with Crippen LogP contribution in [0.2, 0.25) is 0 Å². The van der Waals surface area contributed by atoms with Gasteiger partial charge >= 0.3 is 5.69 Å². The molecule has 2 aromatic carbocycles. The van der Waals surface area contributed by atoms with E-state index < -0.39 is 15.5 Å². The first-order valence-corrected chi connectivity index (χ1v) is 11.6. The second kappa shape index (κ2) is 7.60. The summed E-state index contributed by atoms with van der Waals surface area (Å²) >= 11 is 0. The van der Waals surface area contributed by atoms with Gasteiger partial charge in [0.1, 0.15) is 5.82 Å². The predicted molar refractivity (Wildman–Crippen MR) is 116 cm³/mol. The van der Waals surface area contributed by atoms with Crippen LogP contribution in [0.25, 0.3) is 0 Å². The third-order valence-electron chi connectivity index (χ3n) is 5.56. The minimum Gasteiger partial charge on any atom is -0.353 e. The van der Waals surface area contributed by atoms with Gasteiger partial charge in [-0.1, -0.05) is 36.4 Å². The number of anilines is 1. The standard InChI is InChI=1S/C22H23N3O4S/c1-24-21(26)19(13-15-7-9-18(10-8-15)30(2,28)29)20(23-22(24)27)25-12-11-16-5-3-4-6-17(16)14-25/h3-10H,11-14H2,1-2H3,(H,23,27). The molecule has 156 valence electrons. The maximum Gasteiger partial charge on any atom is 0.329 e. The van der Waals surface area contributed by atoms with Gasteiger partial charge in [-0.05, 0) is 35.2 Å². The Labute approximate surface area is 174 Å². The minimum atomic E-state index is -3.29. The molecule has 0 atom stereocenters. The Bertz CT molecular complexity index is 1320. The van der Waals surface area contributed by atoms with E-state index in [9.17, 15) is 18.0 Å². The van der Waals surface area contributed by atoms with E-state index in [0.29, 0.717) is 30.9 Å². The molecule has 3 aromatic rings. The lowest BCUT2D eigenvalue weighted by Gasteiger charge is -2.31. The fourth-order valence-corrected chi connectivity index (χ4v) is 4.46. The molecule has 0 bridgehead atoms. The van der Waals surface area contributed by atoms with Crippen molar-refractivity contribution in [3.8, 4) is 0 Å². The topological polar surface area (TPSA) is 92.2 Å². The van der Waals surface area contributed by atoms with Gasteiger partial charge < -0.3 is 4.90 Å². The van der Waals surface area contributed by atoms with Crippen molar-refractivity contribution in [3.05, 3.63) is 91.6 Å². The van der Waals surface area contributed by atoms with Crippen LogP contribution in [0, 0.1) is 0 Å². The van der Waals surface area contributed by atoms with Crippen molar-refractivity contribution in [1.82, 2.24) is 9.55 Å². The Balaban J connectivity index is 1.74. The second-order valence-corrected chi connectivity index (χ2v) is 9.67. The molecule has 0 aliphatic carbocycles. The fourth-order valence-electron chi connectivity index (χ4n) is 3.83. The lowest BCUT2D eigenvalue weighted by Crippen LogP contribution is -2.40. The smallest absolute Gasteiger partial charge is 0.329 e. The third-order valence-corrected chi connectivity index (χ3v) is 6.69. The van der Waals surface area contributed by atoms with E-state index in [1.807, 2.05) is 17.0 Å². The highest BCUT2D eigenvalue weighted by atomic mass is 32.2. The first-order valence-electron chi connectivity index (χ1n) is 9.67. The van der Waals surface area contributed by atoms with E-state index in [2.05, 4.69) is 17.1 Å². The molecule has 1 N–H and O–H groups in total. The summed E-state index contributed by atoms with van der Waals surface area (Å²) in [5.74, 6) is 0.532. The Morgan fingerprint density at radius 2 is 1.67 bits per heavy atom. The zero-order valence-corrected chi connectivity index (χ0v) is 17.7. The van der Waals surface area contributed by atoms with Gasteiger partial charge in [0.25, 0.3) is 5.56 Å². The molecule has 0 saturated carbocycles. The van der Waals surface area contributed by atoms with E-state index in [0.717, 1.165) is 22.8 Å². The van der Waals surface area contributed by atoms with Crippen LogP contribution in [0.3, 0.4) is 0 Å².